The van der Waals surface area contributed by atoms with Gasteiger partial charge in [-0.25, -0.2) is 0 Å². The van der Waals surface area contributed by atoms with Crippen LogP contribution in [-0.4, -0.2) is 13.0 Å². The third-order valence-corrected chi connectivity index (χ3v) is 3.39. The molecule has 2 aromatic carbocycles. The van der Waals surface area contributed by atoms with Crippen LogP contribution in [0.2, 0.25) is 0 Å². The number of amides is 1. The van der Waals surface area contributed by atoms with E-state index >= 15 is 0 Å². The summed E-state index contributed by atoms with van der Waals surface area (Å²) < 4.78 is 5.07. The van der Waals surface area contributed by atoms with E-state index in [-0.39, 0.29) is 5.91 Å². The fourth-order valence-corrected chi connectivity index (χ4v) is 2.04. The molecule has 0 saturated heterocycles. The highest BCUT2D eigenvalue weighted by atomic mass is 16.5. The van der Waals surface area contributed by atoms with E-state index in [1.54, 1.807) is 25.3 Å². The molecule has 2 aromatic rings. The number of nitrogen functional groups attached to an aromatic ring is 1. The van der Waals surface area contributed by atoms with Gasteiger partial charge in [-0.1, -0.05) is 31.2 Å². The molecule has 4 heteroatoms. The fraction of sp³-hybridized carbons (Fsp3) is 0.235. The highest BCUT2D eigenvalue weighted by Gasteiger charge is 2.10. The number of nitrogens with two attached hydrogens (primary N) is 1. The standard InChI is InChI=1S/C17H20N2O2/c1-3-12-4-6-13(7-5-12)11-19-17(20)15-9-8-14(21-2)10-16(15)18/h4-10H,3,11,18H2,1-2H3,(H,19,20). The third kappa shape index (κ3) is 3.75. The minimum atomic E-state index is -0.185. The van der Waals surface area contributed by atoms with Crippen molar-refractivity contribution in [3.05, 3.63) is 59.2 Å². The number of anilines is 1. The predicted octanol–water partition coefficient (Wildman–Crippen LogP) is 2.77. The Morgan fingerprint density at radius 1 is 1.14 bits per heavy atom. The monoisotopic (exact) mass is 284 g/mol. The van der Waals surface area contributed by atoms with Gasteiger partial charge in [-0.2, -0.15) is 0 Å². The van der Waals surface area contributed by atoms with Crippen LogP contribution >= 0.6 is 0 Å². The minimum absolute atomic E-state index is 0.185. The molecule has 0 aliphatic rings. The number of carbonyl (C=O) groups excluding carboxylic acids is 1. The van der Waals surface area contributed by atoms with Gasteiger partial charge in [0.2, 0.25) is 0 Å². The van der Waals surface area contributed by atoms with Crippen molar-refractivity contribution >= 4 is 11.6 Å². The van der Waals surface area contributed by atoms with Crippen LogP contribution in [0.1, 0.15) is 28.4 Å². The second-order valence-electron chi connectivity index (χ2n) is 4.81. The van der Waals surface area contributed by atoms with E-state index in [9.17, 15) is 4.79 Å². The predicted molar refractivity (Wildman–Crippen MR) is 84.4 cm³/mol. The topological polar surface area (TPSA) is 64.3 Å². The zero-order valence-electron chi connectivity index (χ0n) is 12.3. The lowest BCUT2D eigenvalue weighted by atomic mass is 10.1. The number of carbonyl (C=O) groups is 1. The first-order chi connectivity index (χ1) is 10.1. The number of aryl methyl sites for hydroxylation is 1. The number of methoxy groups -OCH3 is 1. The maximum absolute atomic E-state index is 12.1. The summed E-state index contributed by atoms with van der Waals surface area (Å²) in [6.45, 7) is 2.59. The van der Waals surface area contributed by atoms with Gasteiger partial charge in [0.15, 0.2) is 0 Å². The molecule has 110 valence electrons. The SMILES string of the molecule is CCc1ccc(CNC(=O)c2ccc(OC)cc2N)cc1. The molecular weight excluding hydrogens is 264 g/mol. The van der Waals surface area contributed by atoms with Gasteiger partial charge in [0, 0.05) is 18.3 Å². The van der Waals surface area contributed by atoms with Crippen LogP contribution in [0.5, 0.6) is 5.75 Å². The zero-order chi connectivity index (χ0) is 15.2. The van der Waals surface area contributed by atoms with E-state index in [0.29, 0.717) is 23.5 Å². The van der Waals surface area contributed by atoms with Gasteiger partial charge < -0.3 is 15.8 Å². The van der Waals surface area contributed by atoms with Crippen LogP contribution in [0.15, 0.2) is 42.5 Å². The normalized spacial score (nSPS) is 10.2. The Bertz CT molecular complexity index is 621. The lowest BCUT2D eigenvalue weighted by molar-refractivity contribution is 0.0952. The molecule has 0 atom stereocenters. The number of hydrogen-bond acceptors (Lipinski definition) is 3. The quantitative estimate of drug-likeness (QED) is 0.830. The molecule has 2 rings (SSSR count). The van der Waals surface area contributed by atoms with Crippen LogP contribution in [0.25, 0.3) is 0 Å². The summed E-state index contributed by atoms with van der Waals surface area (Å²) in [5.41, 5.74) is 9.08. The molecule has 0 spiro atoms. The highest BCUT2D eigenvalue weighted by Crippen LogP contribution is 2.19. The van der Waals surface area contributed by atoms with Crippen molar-refractivity contribution in [3.63, 3.8) is 0 Å². The molecule has 0 saturated carbocycles. The van der Waals surface area contributed by atoms with Crippen molar-refractivity contribution in [1.82, 2.24) is 5.32 Å². The third-order valence-electron chi connectivity index (χ3n) is 3.39. The Hall–Kier alpha value is -2.49. The molecule has 0 bridgehead atoms. The van der Waals surface area contributed by atoms with E-state index in [2.05, 4.69) is 24.4 Å². The molecule has 0 fully saturated rings. The molecule has 0 aliphatic heterocycles. The van der Waals surface area contributed by atoms with E-state index in [1.807, 2.05) is 12.1 Å². The first kappa shape index (κ1) is 14.9. The van der Waals surface area contributed by atoms with E-state index in [1.165, 1.54) is 5.56 Å². The average Bonchev–Trinajstić information content (AvgIpc) is 2.52. The smallest absolute Gasteiger partial charge is 0.253 e. The summed E-state index contributed by atoms with van der Waals surface area (Å²) in [7, 11) is 1.56. The van der Waals surface area contributed by atoms with Crippen molar-refractivity contribution in [1.29, 1.82) is 0 Å². The number of hydrogen-bond donors (Lipinski definition) is 2. The van der Waals surface area contributed by atoms with E-state index in [4.69, 9.17) is 10.5 Å². The molecule has 4 nitrogen and oxygen atoms in total. The second-order valence-corrected chi connectivity index (χ2v) is 4.81. The molecule has 0 radical (unpaired) electrons. The largest absolute Gasteiger partial charge is 0.497 e. The molecule has 21 heavy (non-hydrogen) atoms. The molecular formula is C17H20N2O2. The summed E-state index contributed by atoms with van der Waals surface area (Å²) in [5, 5.41) is 2.87. The lowest BCUT2D eigenvalue weighted by Gasteiger charge is -2.09. The van der Waals surface area contributed by atoms with Gasteiger partial charge in [-0.05, 0) is 29.7 Å². The zero-order valence-corrected chi connectivity index (χ0v) is 12.3. The average molecular weight is 284 g/mol. The van der Waals surface area contributed by atoms with Crippen LogP contribution in [0.3, 0.4) is 0 Å². The highest BCUT2D eigenvalue weighted by molar-refractivity contribution is 5.99. The van der Waals surface area contributed by atoms with E-state index in [0.717, 1.165) is 12.0 Å². The van der Waals surface area contributed by atoms with Crippen LogP contribution < -0.4 is 15.8 Å². The van der Waals surface area contributed by atoms with Gasteiger partial charge in [0.05, 0.1) is 12.7 Å². The van der Waals surface area contributed by atoms with Crippen LogP contribution in [0, 0.1) is 0 Å². The number of ether oxygens (including phenoxy) is 1. The Morgan fingerprint density at radius 2 is 1.81 bits per heavy atom. The van der Waals surface area contributed by atoms with Gasteiger partial charge in [0.25, 0.3) is 5.91 Å². The van der Waals surface area contributed by atoms with Crippen molar-refractivity contribution in [2.45, 2.75) is 19.9 Å². The van der Waals surface area contributed by atoms with Gasteiger partial charge in [-0.15, -0.1) is 0 Å². The van der Waals surface area contributed by atoms with Crippen molar-refractivity contribution in [2.24, 2.45) is 0 Å². The summed E-state index contributed by atoms with van der Waals surface area (Å²) >= 11 is 0. The van der Waals surface area contributed by atoms with Crippen LogP contribution in [-0.2, 0) is 13.0 Å². The molecule has 0 aromatic heterocycles. The maximum Gasteiger partial charge on any atom is 0.253 e. The Balaban J connectivity index is 2.00. The van der Waals surface area contributed by atoms with Gasteiger partial charge in [-0.3, -0.25) is 4.79 Å². The summed E-state index contributed by atoms with van der Waals surface area (Å²) in [5.74, 6) is 0.453. The Labute approximate surface area is 124 Å². The first-order valence-electron chi connectivity index (χ1n) is 6.93. The number of nitrogens with one attached hydrogen (secondary N) is 1. The first-order valence-corrected chi connectivity index (χ1v) is 6.93. The van der Waals surface area contributed by atoms with E-state index < -0.39 is 0 Å². The van der Waals surface area contributed by atoms with Crippen LogP contribution in [0.4, 0.5) is 5.69 Å². The fourth-order valence-electron chi connectivity index (χ4n) is 2.04. The summed E-state index contributed by atoms with van der Waals surface area (Å²) in [6.07, 6.45) is 1.01. The lowest BCUT2D eigenvalue weighted by Crippen LogP contribution is -2.23. The van der Waals surface area contributed by atoms with Gasteiger partial charge in [0.1, 0.15) is 5.75 Å². The number of benzene rings is 2. The van der Waals surface area contributed by atoms with Crippen molar-refractivity contribution < 1.29 is 9.53 Å². The second kappa shape index (κ2) is 6.79. The number of rotatable bonds is 5. The van der Waals surface area contributed by atoms with Gasteiger partial charge >= 0.3 is 0 Å². The summed E-state index contributed by atoms with van der Waals surface area (Å²) in [6, 6.07) is 13.2. The molecule has 0 heterocycles. The molecule has 1 amide bonds. The van der Waals surface area contributed by atoms with Crippen molar-refractivity contribution in [2.75, 3.05) is 12.8 Å². The minimum Gasteiger partial charge on any atom is -0.497 e. The van der Waals surface area contributed by atoms with Crippen molar-refractivity contribution in [3.8, 4) is 5.75 Å². The Morgan fingerprint density at radius 3 is 2.38 bits per heavy atom. The molecule has 0 aliphatic carbocycles. The molecule has 0 unspecified atom stereocenters. The molecule has 3 N–H and O–H groups in total. The maximum atomic E-state index is 12.1. The Kier molecular flexibility index (Phi) is 4.82. The summed E-state index contributed by atoms with van der Waals surface area (Å²) in [4.78, 5) is 12.1.